The van der Waals surface area contributed by atoms with E-state index in [0.717, 1.165) is 42.5 Å². The Bertz CT molecular complexity index is 480. The van der Waals surface area contributed by atoms with Gasteiger partial charge in [0.1, 0.15) is 0 Å². The molecule has 1 heterocycles. The Morgan fingerprint density at radius 2 is 2.26 bits per heavy atom. The van der Waals surface area contributed by atoms with Gasteiger partial charge in [0, 0.05) is 16.3 Å². The van der Waals surface area contributed by atoms with Crippen molar-refractivity contribution >= 4 is 17.3 Å². The van der Waals surface area contributed by atoms with Crippen LogP contribution in [0, 0.1) is 5.41 Å². The van der Waals surface area contributed by atoms with Gasteiger partial charge < -0.3 is 5.11 Å². The van der Waals surface area contributed by atoms with Gasteiger partial charge in [-0.05, 0) is 43.1 Å². The van der Waals surface area contributed by atoms with Gasteiger partial charge in [0.05, 0.1) is 5.56 Å². The molecule has 1 aromatic heterocycles. The fourth-order valence-electron chi connectivity index (χ4n) is 2.75. The van der Waals surface area contributed by atoms with E-state index in [1.54, 1.807) is 11.3 Å². The highest BCUT2D eigenvalue weighted by molar-refractivity contribution is 7.12. The molecule has 106 valence electrons. The first-order valence-electron chi connectivity index (χ1n) is 6.75. The number of rotatable bonds is 5. The standard InChI is InChI=1S/C14H22N2O2S/c1-14(2)6-5-10-9(8-14)12(13(17)18)11(19-10)4-3-7-16-15/h16H,3-8,15H2,1-2H3,(H,17,18). The van der Waals surface area contributed by atoms with Gasteiger partial charge in [0.15, 0.2) is 0 Å². The number of nitrogens with one attached hydrogen (secondary N) is 1. The van der Waals surface area contributed by atoms with Crippen LogP contribution in [0.15, 0.2) is 0 Å². The number of thiophene rings is 1. The molecule has 2 rings (SSSR count). The molecule has 0 saturated carbocycles. The summed E-state index contributed by atoms with van der Waals surface area (Å²) in [6, 6.07) is 0. The SMILES string of the molecule is CC1(C)CCc2sc(CCCNN)c(C(=O)O)c2C1. The number of hydrogen-bond acceptors (Lipinski definition) is 4. The maximum atomic E-state index is 11.6. The van der Waals surface area contributed by atoms with Crippen molar-refractivity contribution in [1.82, 2.24) is 5.43 Å². The molecular weight excluding hydrogens is 260 g/mol. The predicted molar refractivity (Wildman–Crippen MR) is 77.6 cm³/mol. The minimum absolute atomic E-state index is 0.217. The van der Waals surface area contributed by atoms with E-state index in [0.29, 0.717) is 12.1 Å². The second-order valence-electron chi connectivity index (χ2n) is 6.01. The second kappa shape index (κ2) is 5.61. The molecule has 1 aliphatic rings. The fraction of sp³-hybridized carbons (Fsp3) is 0.643. The molecule has 4 N–H and O–H groups in total. The molecule has 0 spiro atoms. The summed E-state index contributed by atoms with van der Waals surface area (Å²) in [7, 11) is 0. The van der Waals surface area contributed by atoms with Crippen LogP contribution in [0.3, 0.4) is 0 Å². The number of hydrazine groups is 1. The minimum Gasteiger partial charge on any atom is -0.478 e. The zero-order valence-electron chi connectivity index (χ0n) is 11.6. The summed E-state index contributed by atoms with van der Waals surface area (Å²) in [6.45, 7) is 5.15. The van der Waals surface area contributed by atoms with Crippen LogP contribution in [-0.4, -0.2) is 17.6 Å². The number of carboxylic acids is 1. The smallest absolute Gasteiger partial charge is 0.337 e. The maximum Gasteiger partial charge on any atom is 0.337 e. The van der Waals surface area contributed by atoms with Gasteiger partial charge in [0.25, 0.3) is 0 Å². The molecule has 0 aliphatic heterocycles. The van der Waals surface area contributed by atoms with Crippen LogP contribution >= 0.6 is 11.3 Å². The molecule has 0 bridgehead atoms. The van der Waals surface area contributed by atoms with Gasteiger partial charge >= 0.3 is 5.97 Å². The molecule has 5 heteroatoms. The Labute approximate surface area is 118 Å². The lowest BCUT2D eigenvalue weighted by atomic mass is 9.76. The number of carbonyl (C=O) groups is 1. The summed E-state index contributed by atoms with van der Waals surface area (Å²) in [5, 5.41) is 9.50. The number of aryl methyl sites for hydroxylation is 2. The van der Waals surface area contributed by atoms with Gasteiger partial charge in [-0.15, -0.1) is 11.3 Å². The van der Waals surface area contributed by atoms with Crippen molar-refractivity contribution < 1.29 is 9.90 Å². The summed E-state index contributed by atoms with van der Waals surface area (Å²) >= 11 is 1.69. The first-order valence-corrected chi connectivity index (χ1v) is 7.56. The van der Waals surface area contributed by atoms with Crippen LogP contribution < -0.4 is 11.3 Å². The zero-order chi connectivity index (χ0) is 14.0. The van der Waals surface area contributed by atoms with Crippen molar-refractivity contribution in [1.29, 1.82) is 0 Å². The van der Waals surface area contributed by atoms with E-state index < -0.39 is 5.97 Å². The first-order chi connectivity index (χ1) is 8.94. The van der Waals surface area contributed by atoms with Gasteiger partial charge in [-0.25, -0.2) is 4.79 Å². The molecular formula is C14H22N2O2S. The molecule has 0 radical (unpaired) electrons. The van der Waals surface area contributed by atoms with E-state index in [2.05, 4.69) is 19.3 Å². The lowest BCUT2D eigenvalue weighted by Gasteiger charge is -2.29. The van der Waals surface area contributed by atoms with Crippen molar-refractivity contribution in [3.8, 4) is 0 Å². The molecule has 1 aliphatic carbocycles. The normalized spacial score (nSPS) is 17.2. The topological polar surface area (TPSA) is 75.3 Å². The van der Waals surface area contributed by atoms with Crippen molar-refractivity contribution in [3.63, 3.8) is 0 Å². The lowest BCUT2D eigenvalue weighted by Crippen LogP contribution is -2.23. The first kappa shape index (κ1) is 14.5. The summed E-state index contributed by atoms with van der Waals surface area (Å²) in [5.74, 6) is 4.49. The van der Waals surface area contributed by atoms with E-state index in [4.69, 9.17) is 5.84 Å². The number of carboxylic acid groups (broad SMARTS) is 1. The number of fused-ring (bicyclic) bond motifs is 1. The van der Waals surface area contributed by atoms with Crippen molar-refractivity contribution in [2.75, 3.05) is 6.54 Å². The molecule has 0 saturated heterocycles. The third-order valence-corrected chi connectivity index (χ3v) is 5.14. The molecule has 0 amide bonds. The van der Waals surface area contributed by atoms with E-state index in [-0.39, 0.29) is 5.41 Å². The van der Waals surface area contributed by atoms with E-state index >= 15 is 0 Å². The average molecular weight is 282 g/mol. The Kier molecular flexibility index (Phi) is 4.28. The Morgan fingerprint density at radius 1 is 1.53 bits per heavy atom. The number of nitrogens with two attached hydrogens (primary N) is 1. The van der Waals surface area contributed by atoms with Crippen LogP contribution in [0.4, 0.5) is 0 Å². The predicted octanol–water partition coefficient (Wildman–Crippen LogP) is 2.36. The van der Waals surface area contributed by atoms with Crippen LogP contribution in [0.5, 0.6) is 0 Å². The van der Waals surface area contributed by atoms with E-state index in [1.165, 1.54) is 4.88 Å². The second-order valence-corrected chi connectivity index (χ2v) is 7.20. The number of hydrogen-bond donors (Lipinski definition) is 3. The van der Waals surface area contributed by atoms with Crippen LogP contribution in [0.2, 0.25) is 0 Å². The number of aromatic carboxylic acids is 1. The quantitative estimate of drug-likeness (QED) is 0.440. The van der Waals surface area contributed by atoms with Crippen LogP contribution in [0.1, 0.15) is 52.4 Å². The molecule has 0 fully saturated rings. The molecule has 0 unspecified atom stereocenters. The van der Waals surface area contributed by atoms with Gasteiger partial charge in [-0.3, -0.25) is 11.3 Å². The maximum absolute atomic E-state index is 11.6. The van der Waals surface area contributed by atoms with Crippen LogP contribution in [-0.2, 0) is 19.3 Å². The molecule has 19 heavy (non-hydrogen) atoms. The van der Waals surface area contributed by atoms with Crippen molar-refractivity contribution in [2.24, 2.45) is 11.3 Å². The molecule has 0 aromatic carbocycles. The summed E-state index contributed by atoms with van der Waals surface area (Å²) in [6.07, 6.45) is 4.71. The Morgan fingerprint density at radius 3 is 2.89 bits per heavy atom. The van der Waals surface area contributed by atoms with Crippen molar-refractivity contribution in [2.45, 2.75) is 46.0 Å². The van der Waals surface area contributed by atoms with E-state index in [9.17, 15) is 9.90 Å². The highest BCUT2D eigenvalue weighted by Gasteiger charge is 2.32. The summed E-state index contributed by atoms with van der Waals surface area (Å²) in [4.78, 5) is 13.9. The summed E-state index contributed by atoms with van der Waals surface area (Å²) in [5.41, 5.74) is 4.50. The van der Waals surface area contributed by atoms with E-state index in [1.807, 2.05) is 0 Å². The lowest BCUT2D eigenvalue weighted by molar-refractivity contribution is 0.0694. The third-order valence-electron chi connectivity index (χ3n) is 3.79. The van der Waals surface area contributed by atoms with Gasteiger partial charge in [-0.1, -0.05) is 13.8 Å². The fourth-order valence-corrected chi connectivity index (χ4v) is 4.11. The van der Waals surface area contributed by atoms with Gasteiger partial charge in [-0.2, -0.15) is 0 Å². The molecule has 4 nitrogen and oxygen atoms in total. The highest BCUT2D eigenvalue weighted by atomic mass is 32.1. The highest BCUT2D eigenvalue weighted by Crippen LogP contribution is 2.41. The largest absolute Gasteiger partial charge is 0.478 e. The average Bonchev–Trinajstić information content (AvgIpc) is 2.65. The van der Waals surface area contributed by atoms with Gasteiger partial charge in [0.2, 0.25) is 0 Å². The Balaban J connectivity index is 2.30. The van der Waals surface area contributed by atoms with Crippen molar-refractivity contribution in [3.05, 3.63) is 20.9 Å². The monoisotopic (exact) mass is 282 g/mol. The summed E-state index contributed by atoms with van der Waals surface area (Å²) < 4.78 is 0. The molecule has 0 atom stereocenters. The minimum atomic E-state index is -0.772. The Hall–Kier alpha value is -0.910. The van der Waals surface area contributed by atoms with Crippen LogP contribution in [0.25, 0.3) is 0 Å². The zero-order valence-corrected chi connectivity index (χ0v) is 12.4. The molecule has 1 aromatic rings. The third kappa shape index (κ3) is 3.16.